The maximum Gasteiger partial charge on any atom is 0.269 e. The number of nitro groups is 1. The van der Waals surface area contributed by atoms with Gasteiger partial charge in [0, 0.05) is 23.3 Å². The Hall–Kier alpha value is -1.98. The third-order valence-corrected chi connectivity index (χ3v) is 2.82. The first-order chi connectivity index (χ1) is 8.60. The van der Waals surface area contributed by atoms with Crippen LogP contribution >= 0.6 is 0 Å². The van der Waals surface area contributed by atoms with Gasteiger partial charge >= 0.3 is 0 Å². The molecule has 0 atom stereocenters. The third-order valence-electron chi connectivity index (χ3n) is 2.82. The van der Waals surface area contributed by atoms with E-state index in [0.29, 0.717) is 24.4 Å². The first kappa shape index (κ1) is 12.5. The molecule has 1 saturated heterocycles. The molecule has 94 valence electrons. The van der Waals surface area contributed by atoms with Crippen LogP contribution in [-0.4, -0.2) is 18.1 Å². The third kappa shape index (κ3) is 1.94. The average Bonchev–Trinajstić information content (AvgIpc) is 2.88. The second-order valence-corrected chi connectivity index (χ2v) is 3.85. The summed E-state index contributed by atoms with van der Waals surface area (Å²) in [4.78, 5) is 10.2. The van der Waals surface area contributed by atoms with E-state index >= 15 is 0 Å². The molecule has 1 aliphatic rings. The highest BCUT2D eigenvalue weighted by molar-refractivity contribution is 5.40. The van der Waals surface area contributed by atoms with Crippen LogP contribution in [0.15, 0.2) is 49.1 Å². The first-order valence-electron chi connectivity index (χ1n) is 5.45. The normalized spacial score (nSPS) is 17.3. The zero-order valence-electron chi connectivity index (χ0n) is 9.80. The largest absolute Gasteiger partial charge is 0.340 e. The predicted molar refractivity (Wildman–Crippen MR) is 66.0 cm³/mol. The van der Waals surface area contributed by atoms with Gasteiger partial charge in [0.1, 0.15) is 0 Å². The van der Waals surface area contributed by atoms with Crippen LogP contribution in [-0.2, 0) is 15.3 Å². The molecule has 18 heavy (non-hydrogen) atoms. The molecule has 5 nitrogen and oxygen atoms in total. The van der Waals surface area contributed by atoms with Gasteiger partial charge in [-0.1, -0.05) is 19.2 Å². The van der Waals surface area contributed by atoms with Gasteiger partial charge in [-0.25, -0.2) is 0 Å². The molecular formula is C13H13NO4. The Morgan fingerprint density at radius 3 is 2.33 bits per heavy atom. The molecule has 0 N–H and O–H groups in total. The van der Waals surface area contributed by atoms with Crippen LogP contribution in [0.25, 0.3) is 0 Å². The van der Waals surface area contributed by atoms with Crippen LogP contribution in [0.4, 0.5) is 5.69 Å². The van der Waals surface area contributed by atoms with Crippen molar-refractivity contribution in [2.45, 2.75) is 5.79 Å². The van der Waals surface area contributed by atoms with E-state index in [1.54, 1.807) is 18.2 Å². The Morgan fingerprint density at radius 1 is 1.33 bits per heavy atom. The fourth-order valence-corrected chi connectivity index (χ4v) is 1.89. The van der Waals surface area contributed by atoms with E-state index in [2.05, 4.69) is 13.2 Å². The maximum atomic E-state index is 10.6. The van der Waals surface area contributed by atoms with E-state index in [1.165, 1.54) is 12.1 Å². The molecule has 5 heteroatoms. The lowest BCUT2D eigenvalue weighted by Gasteiger charge is -2.28. The number of rotatable bonds is 4. The Morgan fingerprint density at radius 2 is 1.89 bits per heavy atom. The van der Waals surface area contributed by atoms with Gasteiger partial charge in [0.2, 0.25) is 5.79 Å². The zero-order valence-corrected chi connectivity index (χ0v) is 9.80. The summed E-state index contributed by atoms with van der Waals surface area (Å²) in [7, 11) is 0. The molecule has 0 radical (unpaired) electrons. The number of hydrogen-bond acceptors (Lipinski definition) is 4. The lowest BCUT2D eigenvalue weighted by molar-refractivity contribution is -0.384. The summed E-state index contributed by atoms with van der Waals surface area (Å²) in [5, 5.41) is 10.6. The quantitative estimate of drug-likeness (QED) is 0.466. The van der Waals surface area contributed by atoms with E-state index in [4.69, 9.17) is 9.47 Å². The Balaban J connectivity index is 2.40. The van der Waals surface area contributed by atoms with Crippen LogP contribution in [0, 0.1) is 10.1 Å². The second kappa shape index (κ2) is 4.72. The molecule has 1 fully saturated rings. The van der Waals surface area contributed by atoms with Crippen molar-refractivity contribution in [1.82, 2.24) is 0 Å². The topological polar surface area (TPSA) is 61.6 Å². The molecule has 1 aromatic carbocycles. The fraction of sp³-hybridized carbons (Fsp3) is 0.231. The van der Waals surface area contributed by atoms with Crippen LogP contribution in [0.2, 0.25) is 0 Å². The smallest absolute Gasteiger partial charge is 0.269 e. The van der Waals surface area contributed by atoms with E-state index < -0.39 is 10.7 Å². The van der Waals surface area contributed by atoms with Crippen molar-refractivity contribution in [3.8, 4) is 0 Å². The van der Waals surface area contributed by atoms with Gasteiger partial charge in [-0.2, -0.15) is 0 Å². The monoisotopic (exact) mass is 247 g/mol. The number of ether oxygens (including phenoxy) is 2. The zero-order chi connectivity index (χ0) is 13.2. The minimum Gasteiger partial charge on any atom is -0.340 e. The number of hydrogen-bond donors (Lipinski definition) is 0. The maximum absolute atomic E-state index is 10.6. The van der Waals surface area contributed by atoms with Crippen LogP contribution in [0.1, 0.15) is 5.56 Å². The highest BCUT2D eigenvalue weighted by Gasteiger charge is 2.40. The lowest BCUT2D eigenvalue weighted by atomic mass is 9.98. The van der Waals surface area contributed by atoms with E-state index in [0.717, 1.165) is 0 Å². The summed E-state index contributed by atoms with van der Waals surface area (Å²) in [6.45, 7) is 8.41. The van der Waals surface area contributed by atoms with Crippen molar-refractivity contribution in [2.24, 2.45) is 0 Å². The summed E-state index contributed by atoms with van der Waals surface area (Å²) in [6.07, 6.45) is 1.56. The van der Waals surface area contributed by atoms with Crippen molar-refractivity contribution < 1.29 is 14.4 Å². The Labute approximate surface area is 104 Å². The van der Waals surface area contributed by atoms with Gasteiger partial charge in [0.05, 0.1) is 18.1 Å². The number of nitro benzene ring substituents is 1. The highest BCUT2D eigenvalue weighted by Crippen LogP contribution is 2.38. The minimum absolute atomic E-state index is 0.0242. The molecule has 0 saturated carbocycles. The summed E-state index contributed by atoms with van der Waals surface area (Å²) in [5.74, 6) is -1.06. The van der Waals surface area contributed by atoms with Crippen LogP contribution in [0.3, 0.4) is 0 Å². The Bertz CT molecular complexity index is 486. The summed E-state index contributed by atoms with van der Waals surface area (Å²) >= 11 is 0. The predicted octanol–water partition coefficient (Wildman–Crippen LogP) is 2.54. The molecule has 0 bridgehead atoms. The standard InChI is InChI=1S/C13H13NO4/c1-3-10(2)13(17-8-9-18-13)11-4-6-12(7-5-11)14(15)16/h3-7H,1-2,8-9H2. The van der Waals surface area contributed by atoms with Gasteiger partial charge in [0.15, 0.2) is 0 Å². The molecule has 2 rings (SSSR count). The summed E-state index contributed by atoms with van der Waals surface area (Å²) in [6, 6.07) is 6.05. The highest BCUT2D eigenvalue weighted by atomic mass is 16.7. The molecular weight excluding hydrogens is 234 g/mol. The fourth-order valence-electron chi connectivity index (χ4n) is 1.89. The molecule has 1 heterocycles. The molecule has 0 aliphatic carbocycles. The van der Waals surface area contributed by atoms with Gasteiger partial charge in [-0.15, -0.1) is 0 Å². The van der Waals surface area contributed by atoms with Gasteiger partial charge in [0.25, 0.3) is 5.69 Å². The molecule has 0 unspecified atom stereocenters. The van der Waals surface area contributed by atoms with Gasteiger partial charge in [-0.05, 0) is 12.1 Å². The molecule has 0 spiro atoms. The van der Waals surface area contributed by atoms with Crippen molar-refractivity contribution in [2.75, 3.05) is 13.2 Å². The van der Waals surface area contributed by atoms with Crippen molar-refractivity contribution in [1.29, 1.82) is 0 Å². The van der Waals surface area contributed by atoms with Gasteiger partial charge < -0.3 is 9.47 Å². The number of benzene rings is 1. The van der Waals surface area contributed by atoms with Gasteiger partial charge in [-0.3, -0.25) is 10.1 Å². The minimum atomic E-state index is -1.06. The van der Waals surface area contributed by atoms with E-state index in [-0.39, 0.29) is 5.69 Å². The summed E-state index contributed by atoms with van der Waals surface area (Å²) < 4.78 is 11.2. The first-order valence-corrected chi connectivity index (χ1v) is 5.45. The molecule has 1 aromatic rings. The number of nitrogens with zero attached hydrogens (tertiary/aromatic N) is 1. The molecule has 0 amide bonds. The molecule has 0 aromatic heterocycles. The number of non-ortho nitro benzene ring substituents is 1. The lowest BCUT2D eigenvalue weighted by Crippen LogP contribution is -2.28. The van der Waals surface area contributed by atoms with Crippen LogP contribution in [0.5, 0.6) is 0 Å². The average molecular weight is 247 g/mol. The van der Waals surface area contributed by atoms with Crippen molar-refractivity contribution >= 4 is 5.69 Å². The van der Waals surface area contributed by atoms with Crippen molar-refractivity contribution in [3.05, 3.63) is 64.8 Å². The SMILES string of the molecule is C=CC(=C)C1(c2ccc([N+](=O)[O-])cc2)OCCO1. The van der Waals surface area contributed by atoms with E-state index in [9.17, 15) is 10.1 Å². The van der Waals surface area contributed by atoms with Crippen LogP contribution < -0.4 is 0 Å². The Kier molecular flexibility index (Phi) is 3.27. The summed E-state index contributed by atoms with van der Waals surface area (Å²) in [5.41, 5.74) is 1.28. The second-order valence-electron chi connectivity index (χ2n) is 3.85. The molecule has 1 aliphatic heterocycles. The van der Waals surface area contributed by atoms with Crippen molar-refractivity contribution in [3.63, 3.8) is 0 Å². The van der Waals surface area contributed by atoms with E-state index in [1.807, 2.05) is 0 Å².